The van der Waals surface area contributed by atoms with Crippen molar-refractivity contribution < 1.29 is 0 Å². The summed E-state index contributed by atoms with van der Waals surface area (Å²) in [4.78, 5) is 40.2. The van der Waals surface area contributed by atoms with Crippen molar-refractivity contribution in [2.75, 3.05) is 0 Å². The van der Waals surface area contributed by atoms with Gasteiger partial charge < -0.3 is 0 Å². The minimum Gasteiger partial charge on any atom is -0.252 e. The van der Waals surface area contributed by atoms with Crippen LogP contribution in [0.25, 0.3) is 56.1 Å². The molecule has 140 valence electrons. The summed E-state index contributed by atoms with van der Waals surface area (Å²) in [5, 5.41) is 0.855. The fourth-order valence-electron chi connectivity index (χ4n) is 3.18. The Hall–Kier alpha value is -4.53. The lowest BCUT2D eigenvalue weighted by molar-refractivity contribution is 1.14. The third kappa shape index (κ3) is 2.68. The van der Waals surface area contributed by atoms with Gasteiger partial charge in [0.25, 0.3) is 0 Å². The van der Waals surface area contributed by atoms with E-state index in [-0.39, 0.29) is 0 Å². The molecule has 0 N–H and O–H groups in total. The van der Waals surface area contributed by atoms with Gasteiger partial charge in [0.1, 0.15) is 28.1 Å². The zero-order valence-corrected chi connectivity index (χ0v) is 15.4. The van der Waals surface area contributed by atoms with Crippen LogP contribution in [0.5, 0.6) is 0 Å². The van der Waals surface area contributed by atoms with E-state index in [1.54, 1.807) is 43.2 Å². The predicted octanol–water partition coefficient (Wildman–Crippen LogP) is 3.04. The van der Waals surface area contributed by atoms with E-state index in [9.17, 15) is 0 Å². The van der Waals surface area contributed by atoms with Crippen molar-refractivity contribution in [1.82, 2.24) is 44.9 Å². The molecule has 0 atom stereocenters. The number of fused-ring (bicyclic) bond motifs is 3. The van der Waals surface area contributed by atoms with Gasteiger partial charge >= 0.3 is 0 Å². The smallest absolute Gasteiger partial charge is 0.182 e. The van der Waals surface area contributed by atoms with Crippen LogP contribution < -0.4 is 0 Å². The minimum atomic E-state index is 0.437. The molecule has 9 nitrogen and oxygen atoms in total. The molecule has 6 heterocycles. The maximum atomic E-state index is 4.76. The van der Waals surface area contributed by atoms with E-state index in [1.807, 2.05) is 24.3 Å². The highest BCUT2D eigenvalue weighted by Gasteiger charge is 2.14. The second-order valence-corrected chi connectivity index (χ2v) is 6.49. The fourth-order valence-corrected chi connectivity index (χ4v) is 3.18. The summed E-state index contributed by atoms with van der Waals surface area (Å²) < 4.78 is 0. The number of nitrogens with zero attached hydrogens (tertiary/aromatic N) is 9. The SMILES string of the molecule is c1cnc2nc(-c3nccc4ncc(-c5cnc6ncccc6n5)nc34)ncc2c1. The molecule has 0 aromatic carbocycles. The lowest BCUT2D eigenvalue weighted by Gasteiger charge is -2.06. The molecule has 0 saturated heterocycles. The van der Waals surface area contributed by atoms with Gasteiger partial charge in [-0.25, -0.2) is 34.9 Å². The molecule has 6 rings (SSSR count). The molecule has 6 aromatic rings. The third-order valence-electron chi connectivity index (χ3n) is 4.61. The Kier molecular flexibility index (Phi) is 3.57. The Morgan fingerprint density at radius 3 is 2.33 bits per heavy atom. The van der Waals surface area contributed by atoms with Crippen molar-refractivity contribution in [3.05, 3.63) is 67.5 Å². The van der Waals surface area contributed by atoms with E-state index in [0.29, 0.717) is 50.8 Å². The number of pyridine rings is 3. The molecule has 0 saturated carbocycles. The van der Waals surface area contributed by atoms with Crippen molar-refractivity contribution in [3.63, 3.8) is 0 Å². The summed E-state index contributed by atoms with van der Waals surface area (Å²) in [6.45, 7) is 0. The van der Waals surface area contributed by atoms with Crippen LogP contribution in [0, 0.1) is 0 Å². The van der Waals surface area contributed by atoms with Gasteiger partial charge in [-0.3, -0.25) is 9.97 Å². The lowest BCUT2D eigenvalue weighted by Crippen LogP contribution is -1.99. The van der Waals surface area contributed by atoms with E-state index in [0.717, 1.165) is 5.39 Å². The van der Waals surface area contributed by atoms with Crippen molar-refractivity contribution in [3.8, 4) is 22.9 Å². The quantitative estimate of drug-likeness (QED) is 0.440. The summed E-state index contributed by atoms with van der Waals surface area (Å²) in [7, 11) is 0. The highest BCUT2D eigenvalue weighted by Crippen LogP contribution is 2.25. The molecule has 6 aromatic heterocycles. The highest BCUT2D eigenvalue weighted by atomic mass is 15.0. The van der Waals surface area contributed by atoms with E-state index < -0.39 is 0 Å². The molecule has 0 aliphatic heterocycles. The largest absolute Gasteiger partial charge is 0.252 e. The number of rotatable bonds is 2. The first-order chi connectivity index (χ1) is 14.8. The van der Waals surface area contributed by atoms with Gasteiger partial charge in [0.15, 0.2) is 17.1 Å². The van der Waals surface area contributed by atoms with E-state index in [2.05, 4.69) is 39.9 Å². The van der Waals surface area contributed by atoms with Crippen LogP contribution in [0.1, 0.15) is 0 Å². The molecule has 0 aliphatic carbocycles. The molecular weight excluding hydrogens is 378 g/mol. The molecule has 0 unspecified atom stereocenters. The van der Waals surface area contributed by atoms with Crippen LogP contribution in [-0.4, -0.2) is 44.9 Å². The Balaban J connectivity index is 1.54. The van der Waals surface area contributed by atoms with E-state index in [1.165, 1.54) is 0 Å². The summed E-state index contributed by atoms with van der Waals surface area (Å²) in [6.07, 6.45) is 10.1. The van der Waals surface area contributed by atoms with Gasteiger partial charge in [-0.1, -0.05) is 0 Å². The summed E-state index contributed by atoms with van der Waals surface area (Å²) in [5.41, 5.74) is 4.83. The predicted molar refractivity (Wildman–Crippen MR) is 110 cm³/mol. The number of hydrogen-bond acceptors (Lipinski definition) is 9. The van der Waals surface area contributed by atoms with E-state index in [4.69, 9.17) is 4.98 Å². The van der Waals surface area contributed by atoms with Crippen LogP contribution in [0.2, 0.25) is 0 Å². The summed E-state index contributed by atoms with van der Waals surface area (Å²) >= 11 is 0. The normalized spacial score (nSPS) is 11.3. The Bertz CT molecular complexity index is 1570. The molecule has 0 spiro atoms. The summed E-state index contributed by atoms with van der Waals surface area (Å²) in [5.74, 6) is 0.437. The topological polar surface area (TPSA) is 116 Å². The highest BCUT2D eigenvalue weighted by molar-refractivity contribution is 5.89. The minimum absolute atomic E-state index is 0.437. The first kappa shape index (κ1) is 16.4. The Labute approximate surface area is 169 Å². The Morgan fingerprint density at radius 1 is 0.533 bits per heavy atom. The number of hydrogen-bond donors (Lipinski definition) is 0. The van der Waals surface area contributed by atoms with Gasteiger partial charge in [-0.15, -0.1) is 0 Å². The van der Waals surface area contributed by atoms with Crippen LogP contribution >= 0.6 is 0 Å². The van der Waals surface area contributed by atoms with Gasteiger partial charge in [0.05, 0.1) is 17.9 Å². The molecule has 0 bridgehead atoms. The molecular formula is C21H11N9. The number of aromatic nitrogens is 9. The van der Waals surface area contributed by atoms with Crippen molar-refractivity contribution >= 4 is 33.2 Å². The molecule has 9 heteroatoms. The van der Waals surface area contributed by atoms with Crippen LogP contribution in [-0.2, 0) is 0 Å². The zero-order valence-electron chi connectivity index (χ0n) is 15.4. The third-order valence-corrected chi connectivity index (χ3v) is 4.61. The molecule has 0 radical (unpaired) electrons. The molecule has 0 fully saturated rings. The average Bonchev–Trinajstić information content (AvgIpc) is 2.82. The lowest BCUT2D eigenvalue weighted by atomic mass is 10.2. The molecule has 30 heavy (non-hydrogen) atoms. The van der Waals surface area contributed by atoms with Crippen molar-refractivity contribution in [2.45, 2.75) is 0 Å². The molecule has 0 amide bonds. The van der Waals surface area contributed by atoms with Crippen molar-refractivity contribution in [1.29, 1.82) is 0 Å². The van der Waals surface area contributed by atoms with E-state index >= 15 is 0 Å². The summed E-state index contributed by atoms with van der Waals surface area (Å²) in [6, 6.07) is 9.23. The fraction of sp³-hybridized carbons (Fsp3) is 0. The zero-order chi connectivity index (χ0) is 19.9. The van der Waals surface area contributed by atoms with Crippen LogP contribution in [0.3, 0.4) is 0 Å². The first-order valence-corrected chi connectivity index (χ1v) is 9.13. The Morgan fingerprint density at radius 2 is 1.37 bits per heavy atom. The average molecular weight is 389 g/mol. The van der Waals surface area contributed by atoms with Gasteiger partial charge in [0, 0.05) is 30.2 Å². The standard InChI is InChI=1S/C21H11N9/c1-3-12-9-26-21(30-19(12)23-6-1)18-17-13(5-8-22-18)25-10-16(29-17)15-11-27-20-14(28-15)4-2-7-24-20/h1-11H. The monoisotopic (exact) mass is 389 g/mol. The maximum Gasteiger partial charge on any atom is 0.182 e. The maximum absolute atomic E-state index is 4.76. The first-order valence-electron chi connectivity index (χ1n) is 9.13. The van der Waals surface area contributed by atoms with Gasteiger partial charge in [0.2, 0.25) is 0 Å². The second kappa shape index (κ2) is 6.52. The van der Waals surface area contributed by atoms with Crippen molar-refractivity contribution in [2.24, 2.45) is 0 Å². The van der Waals surface area contributed by atoms with Gasteiger partial charge in [-0.05, 0) is 30.3 Å². The molecule has 0 aliphatic rings. The second-order valence-electron chi connectivity index (χ2n) is 6.49. The van der Waals surface area contributed by atoms with Gasteiger partial charge in [-0.2, -0.15) is 0 Å². The van der Waals surface area contributed by atoms with Crippen LogP contribution in [0.15, 0.2) is 67.5 Å². The van der Waals surface area contributed by atoms with Crippen LogP contribution in [0.4, 0.5) is 0 Å².